The van der Waals surface area contributed by atoms with Crippen LogP contribution in [0, 0.1) is 0 Å². The molecule has 0 N–H and O–H groups in total. The summed E-state index contributed by atoms with van der Waals surface area (Å²) in [7, 11) is 5.85. The van der Waals surface area contributed by atoms with Gasteiger partial charge in [-0.3, -0.25) is 4.79 Å². The number of methoxy groups -OCH3 is 1. The van der Waals surface area contributed by atoms with Gasteiger partial charge < -0.3 is 24.2 Å². The smallest absolute Gasteiger partial charge is 0.254 e. The maximum atomic E-state index is 13.4. The van der Waals surface area contributed by atoms with Crippen molar-refractivity contribution < 1.29 is 14.3 Å². The summed E-state index contributed by atoms with van der Waals surface area (Å²) in [6.45, 7) is 4.13. The SMILES string of the molecule is COc1ccc(C(=O)N2CCN(C)c3ccccc3C2)cc1OC1CCN(C)CC1. The third kappa shape index (κ3) is 4.38. The van der Waals surface area contributed by atoms with Crippen molar-refractivity contribution in [2.24, 2.45) is 0 Å². The minimum atomic E-state index is 0.0241. The van der Waals surface area contributed by atoms with E-state index in [4.69, 9.17) is 9.47 Å². The lowest BCUT2D eigenvalue weighted by Gasteiger charge is -2.30. The summed E-state index contributed by atoms with van der Waals surface area (Å²) >= 11 is 0. The lowest BCUT2D eigenvalue weighted by atomic mass is 10.1. The van der Waals surface area contributed by atoms with Gasteiger partial charge in [-0.15, -0.1) is 0 Å². The summed E-state index contributed by atoms with van der Waals surface area (Å²) in [6.07, 6.45) is 2.11. The van der Waals surface area contributed by atoms with Crippen molar-refractivity contribution >= 4 is 11.6 Å². The molecule has 1 fully saturated rings. The molecular weight excluding hydrogens is 378 g/mol. The summed E-state index contributed by atoms with van der Waals surface area (Å²) in [5, 5.41) is 0. The van der Waals surface area contributed by atoms with Gasteiger partial charge >= 0.3 is 0 Å². The Balaban J connectivity index is 1.54. The van der Waals surface area contributed by atoms with E-state index in [1.165, 1.54) is 11.3 Å². The molecule has 0 spiro atoms. The highest BCUT2D eigenvalue weighted by Gasteiger charge is 2.24. The molecule has 0 unspecified atom stereocenters. The molecule has 2 aromatic carbocycles. The Hall–Kier alpha value is -2.73. The van der Waals surface area contributed by atoms with Crippen LogP contribution in [0.2, 0.25) is 0 Å². The van der Waals surface area contributed by atoms with Crippen LogP contribution in [-0.2, 0) is 6.54 Å². The van der Waals surface area contributed by atoms with E-state index in [9.17, 15) is 4.79 Å². The van der Waals surface area contributed by atoms with E-state index in [0.29, 0.717) is 30.2 Å². The topological polar surface area (TPSA) is 45.3 Å². The number of benzene rings is 2. The van der Waals surface area contributed by atoms with E-state index >= 15 is 0 Å². The van der Waals surface area contributed by atoms with Gasteiger partial charge in [0.25, 0.3) is 5.91 Å². The maximum absolute atomic E-state index is 13.4. The molecule has 2 aliphatic heterocycles. The van der Waals surface area contributed by atoms with Crippen LogP contribution in [0.15, 0.2) is 42.5 Å². The molecule has 0 saturated carbocycles. The lowest BCUT2D eigenvalue weighted by Crippen LogP contribution is -2.36. The summed E-state index contributed by atoms with van der Waals surface area (Å²) in [6, 6.07) is 13.8. The van der Waals surface area contributed by atoms with Gasteiger partial charge in [-0.2, -0.15) is 0 Å². The maximum Gasteiger partial charge on any atom is 0.254 e. The summed E-state index contributed by atoms with van der Waals surface area (Å²) in [4.78, 5) is 19.8. The van der Waals surface area contributed by atoms with Crippen molar-refractivity contribution in [1.29, 1.82) is 0 Å². The first-order valence-corrected chi connectivity index (χ1v) is 10.7. The molecule has 0 aliphatic carbocycles. The van der Waals surface area contributed by atoms with E-state index in [2.05, 4.69) is 36.0 Å². The number of rotatable bonds is 4. The average Bonchev–Trinajstić information content (AvgIpc) is 2.94. The largest absolute Gasteiger partial charge is 0.493 e. The highest BCUT2D eigenvalue weighted by Crippen LogP contribution is 2.32. The van der Waals surface area contributed by atoms with Crippen LogP contribution < -0.4 is 14.4 Å². The average molecular weight is 410 g/mol. The Morgan fingerprint density at radius 3 is 2.50 bits per heavy atom. The van der Waals surface area contributed by atoms with Crippen molar-refractivity contribution in [2.75, 3.05) is 52.3 Å². The van der Waals surface area contributed by atoms with Gasteiger partial charge in [0.15, 0.2) is 11.5 Å². The third-order valence-electron chi connectivity index (χ3n) is 6.13. The predicted octanol–water partition coefficient (Wildman–Crippen LogP) is 3.26. The van der Waals surface area contributed by atoms with E-state index in [1.54, 1.807) is 7.11 Å². The first kappa shape index (κ1) is 20.5. The molecule has 0 atom stereocenters. The number of amides is 1. The van der Waals surface area contributed by atoms with E-state index in [0.717, 1.165) is 32.5 Å². The molecule has 0 radical (unpaired) electrons. The molecule has 0 bridgehead atoms. The van der Waals surface area contributed by atoms with Crippen molar-refractivity contribution in [3.05, 3.63) is 53.6 Å². The van der Waals surface area contributed by atoms with Gasteiger partial charge in [0.2, 0.25) is 0 Å². The number of carbonyl (C=O) groups is 1. The van der Waals surface area contributed by atoms with E-state index < -0.39 is 0 Å². The van der Waals surface area contributed by atoms with Gasteiger partial charge in [0, 0.05) is 51.0 Å². The summed E-state index contributed by atoms with van der Waals surface area (Å²) in [5.74, 6) is 1.35. The number of hydrogen-bond acceptors (Lipinski definition) is 5. The number of para-hydroxylation sites is 1. The fraction of sp³-hybridized carbons (Fsp3) is 0.458. The minimum Gasteiger partial charge on any atom is -0.493 e. The first-order valence-electron chi connectivity index (χ1n) is 10.7. The quantitative estimate of drug-likeness (QED) is 0.776. The molecule has 1 saturated heterocycles. The monoisotopic (exact) mass is 409 g/mol. The molecular formula is C24H31N3O3. The van der Waals surface area contributed by atoms with Crippen LogP contribution >= 0.6 is 0 Å². The van der Waals surface area contributed by atoms with Gasteiger partial charge in [0.1, 0.15) is 6.10 Å². The van der Waals surface area contributed by atoms with Gasteiger partial charge in [-0.05, 0) is 49.7 Å². The van der Waals surface area contributed by atoms with Crippen molar-refractivity contribution in [3.63, 3.8) is 0 Å². The molecule has 30 heavy (non-hydrogen) atoms. The van der Waals surface area contributed by atoms with Gasteiger partial charge in [-0.25, -0.2) is 0 Å². The molecule has 160 valence electrons. The predicted molar refractivity (Wildman–Crippen MR) is 119 cm³/mol. The Bertz CT molecular complexity index is 893. The van der Waals surface area contributed by atoms with Crippen LogP contribution in [-0.4, -0.2) is 69.2 Å². The van der Waals surface area contributed by atoms with Gasteiger partial charge in [-0.1, -0.05) is 18.2 Å². The molecule has 6 nitrogen and oxygen atoms in total. The van der Waals surface area contributed by atoms with E-state index in [-0.39, 0.29) is 12.0 Å². The molecule has 1 amide bonds. The number of carbonyl (C=O) groups excluding carboxylic acids is 1. The second-order valence-electron chi connectivity index (χ2n) is 8.26. The van der Waals surface area contributed by atoms with Gasteiger partial charge in [0.05, 0.1) is 7.11 Å². The second kappa shape index (κ2) is 8.96. The van der Waals surface area contributed by atoms with Crippen LogP contribution in [0.4, 0.5) is 5.69 Å². The zero-order chi connectivity index (χ0) is 21.1. The highest BCUT2D eigenvalue weighted by atomic mass is 16.5. The second-order valence-corrected chi connectivity index (χ2v) is 8.26. The Morgan fingerprint density at radius 2 is 1.73 bits per heavy atom. The normalized spacial score (nSPS) is 18.0. The zero-order valence-electron chi connectivity index (χ0n) is 18.1. The van der Waals surface area contributed by atoms with Crippen LogP contribution in [0.3, 0.4) is 0 Å². The number of likely N-dealkylation sites (tertiary alicyclic amines) is 1. The molecule has 4 rings (SSSR count). The number of nitrogens with zero attached hydrogens (tertiary/aromatic N) is 3. The number of likely N-dealkylation sites (N-methyl/N-ethyl adjacent to an activating group) is 1. The number of piperidine rings is 1. The first-order chi connectivity index (χ1) is 14.5. The zero-order valence-corrected chi connectivity index (χ0v) is 18.1. The van der Waals surface area contributed by atoms with Crippen LogP contribution in [0.25, 0.3) is 0 Å². The van der Waals surface area contributed by atoms with Crippen molar-refractivity contribution in [1.82, 2.24) is 9.80 Å². The standard InChI is InChI=1S/C24H31N3O3/c1-25-12-10-20(11-13-25)30-23-16-18(8-9-22(23)29-3)24(28)27-15-14-26(2)21-7-5-4-6-19(21)17-27/h4-9,16,20H,10-15,17H2,1-3H3. The molecule has 2 aliphatic rings. The molecule has 2 aromatic rings. The third-order valence-corrected chi connectivity index (χ3v) is 6.13. The van der Waals surface area contributed by atoms with Crippen molar-refractivity contribution in [2.45, 2.75) is 25.5 Å². The fourth-order valence-corrected chi connectivity index (χ4v) is 4.23. The van der Waals surface area contributed by atoms with Crippen LogP contribution in [0.1, 0.15) is 28.8 Å². The lowest BCUT2D eigenvalue weighted by molar-refractivity contribution is 0.0749. The molecule has 2 heterocycles. The summed E-state index contributed by atoms with van der Waals surface area (Å²) in [5.41, 5.74) is 3.00. The number of hydrogen-bond donors (Lipinski definition) is 0. The Morgan fingerprint density at radius 1 is 0.967 bits per heavy atom. The van der Waals surface area contributed by atoms with Crippen molar-refractivity contribution in [3.8, 4) is 11.5 Å². The Kier molecular flexibility index (Phi) is 6.13. The highest BCUT2D eigenvalue weighted by molar-refractivity contribution is 5.95. The number of anilines is 1. The minimum absolute atomic E-state index is 0.0241. The number of fused-ring (bicyclic) bond motifs is 1. The Labute approximate surface area is 179 Å². The van der Waals surface area contributed by atoms with Crippen LogP contribution in [0.5, 0.6) is 11.5 Å². The summed E-state index contributed by atoms with van der Waals surface area (Å²) < 4.78 is 11.8. The number of ether oxygens (including phenoxy) is 2. The fourth-order valence-electron chi connectivity index (χ4n) is 4.23. The molecule has 6 heteroatoms. The van der Waals surface area contributed by atoms with E-state index in [1.807, 2.05) is 35.2 Å². The molecule has 0 aromatic heterocycles.